The van der Waals surface area contributed by atoms with Crippen LogP contribution in [0.5, 0.6) is 5.75 Å². The van der Waals surface area contributed by atoms with E-state index < -0.39 is 15.8 Å². The Kier molecular flexibility index (Phi) is 4.73. The Bertz CT molecular complexity index is 805. The van der Waals surface area contributed by atoms with E-state index in [1.807, 2.05) is 19.1 Å². The first-order valence-electron chi connectivity index (χ1n) is 8.24. The number of rotatable bonds is 4. The second-order valence-electron chi connectivity index (χ2n) is 6.70. The topological polar surface area (TPSA) is 92.8 Å². The summed E-state index contributed by atoms with van der Waals surface area (Å²) in [6, 6.07) is 5.18. The molecule has 2 aliphatic rings. The van der Waals surface area contributed by atoms with Crippen LogP contribution in [0.1, 0.15) is 18.4 Å². The summed E-state index contributed by atoms with van der Waals surface area (Å²) in [6.07, 6.45) is 0.560. The molecule has 0 radical (unpaired) electrons. The Morgan fingerprint density at radius 2 is 2.12 bits per heavy atom. The lowest BCUT2D eigenvalue weighted by atomic mass is 10.1. The highest BCUT2D eigenvalue weighted by Crippen LogP contribution is 2.29. The van der Waals surface area contributed by atoms with Gasteiger partial charge in [-0.1, -0.05) is 6.07 Å². The Morgan fingerprint density at radius 3 is 2.76 bits per heavy atom. The largest absolute Gasteiger partial charge is 0.495 e. The van der Waals surface area contributed by atoms with Crippen LogP contribution < -0.4 is 10.1 Å². The van der Waals surface area contributed by atoms with Crippen LogP contribution in [0, 0.1) is 12.8 Å². The molecule has 2 heterocycles. The summed E-state index contributed by atoms with van der Waals surface area (Å²) < 4.78 is 28.5. The maximum atomic E-state index is 12.6. The standard InChI is InChI=1S/C17H22N2O5S/c1-11-3-4-15(24-2)14(7-11)18-17(21)12-8-16(20)19(9-12)13-5-6-25(22,23)10-13/h3-4,7,12-13H,5-6,8-10H2,1-2H3,(H,18,21). The number of sulfone groups is 1. The third kappa shape index (κ3) is 3.78. The minimum atomic E-state index is -3.07. The van der Waals surface area contributed by atoms with Gasteiger partial charge in [-0.15, -0.1) is 0 Å². The van der Waals surface area contributed by atoms with Crippen LogP contribution in [0.3, 0.4) is 0 Å². The zero-order chi connectivity index (χ0) is 18.2. The van der Waals surface area contributed by atoms with E-state index in [1.165, 1.54) is 7.11 Å². The van der Waals surface area contributed by atoms with E-state index in [-0.39, 0.29) is 42.3 Å². The number of hydrogen-bond donors (Lipinski definition) is 1. The minimum Gasteiger partial charge on any atom is -0.495 e. The van der Waals surface area contributed by atoms with E-state index in [1.54, 1.807) is 11.0 Å². The minimum absolute atomic E-state index is 0.00121. The number of amides is 2. The number of anilines is 1. The monoisotopic (exact) mass is 366 g/mol. The zero-order valence-electron chi connectivity index (χ0n) is 14.3. The predicted octanol–water partition coefficient (Wildman–Crippen LogP) is 0.978. The van der Waals surface area contributed by atoms with Gasteiger partial charge >= 0.3 is 0 Å². The molecule has 2 aliphatic heterocycles. The average molecular weight is 366 g/mol. The highest BCUT2D eigenvalue weighted by atomic mass is 32.2. The van der Waals surface area contributed by atoms with Crippen LogP contribution in [-0.4, -0.2) is 56.3 Å². The zero-order valence-corrected chi connectivity index (χ0v) is 15.1. The molecule has 1 aromatic rings. The first-order chi connectivity index (χ1) is 11.8. The number of carbonyl (C=O) groups excluding carboxylic acids is 2. The second-order valence-corrected chi connectivity index (χ2v) is 8.93. The smallest absolute Gasteiger partial charge is 0.229 e. The number of aryl methyl sites for hydroxylation is 1. The van der Waals surface area contributed by atoms with E-state index in [0.29, 0.717) is 17.9 Å². The Balaban J connectivity index is 1.68. The molecule has 0 spiro atoms. The van der Waals surface area contributed by atoms with Gasteiger partial charge in [-0.3, -0.25) is 9.59 Å². The first kappa shape index (κ1) is 17.7. The van der Waals surface area contributed by atoms with Gasteiger partial charge in [0.15, 0.2) is 9.84 Å². The summed E-state index contributed by atoms with van der Waals surface area (Å²) >= 11 is 0. The molecule has 1 aromatic carbocycles. The van der Waals surface area contributed by atoms with Gasteiger partial charge in [-0.25, -0.2) is 8.42 Å². The fourth-order valence-corrected chi connectivity index (χ4v) is 5.17. The van der Waals surface area contributed by atoms with Crippen LogP contribution in [0.15, 0.2) is 18.2 Å². The molecule has 0 saturated carbocycles. The predicted molar refractivity (Wildman–Crippen MR) is 93.2 cm³/mol. The Morgan fingerprint density at radius 1 is 1.36 bits per heavy atom. The second kappa shape index (κ2) is 6.67. The molecule has 2 saturated heterocycles. The summed E-state index contributed by atoms with van der Waals surface area (Å²) in [4.78, 5) is 26.4. The molecule has 1 N–H and O–H groups in total. The van der Waals surface area contributed by atoms with Crippen molar-refractivity contribution in [3.63, 3.8) is 0 Å². The lowest BCUT2D eigenvalue weighted by molar-refractivity contribution is -0.129. The number of nitrogens with zero attached hydrogens (tertiary/aromatic N) is 1. The fourth-order valence-electron chi connectivity index (χ4n) is 3.44. The molecule has 2 atom stereocenters. The average Bonchev–Trinajstić information content (AvgIpc) is 3.10. The summed E-state index contributed by atoms with van der Waals surface area (Å²) in [7, 11) is -1.54. The summed E-state index contributed by atoms with van der Waals surface area (Å²) in [6.45, 7) is 2.18. The van der Waals surface area contributed by atoms with Gasteiger partial charge in [0.2, 0.25) is 11.8 Å². The molecule has 2 amide bonds. The molecule has 0 aromatic heterocycles. The van der Waals surface area contributed by atoms with Crippen LogP contribution in [0.4, 0.5) is 5.69 Å². The molecule has 8 heteroatoms. The van der Waals surface area contributed by atoms with Crippen molar-refractivity contribution < 1.29 is 22.7 Å². The molecule has 2 unspecified atom stereocenters. The number of benzene rings is 1. The number of methoxy groups -OCH3 is 1. The van der Waals surface area contributed by atoms with Crippen molar-refractivity contribution in [3.05, 3.63) is 23.8 Å². The van der Waals surface area contributed by atoms with Crippen molar-refractivity contribution in [1.82, 2.24) is 4.90 Å². The van der Waals surface area contributed by atoms with Gasteiger partial charge < -0.3 is 15.0 Å². The molecule has 2 fully saturated rings. The van der Waals surface area contributed by atoms with Crippen molar-refractivity contribution in [2.45, 2.75) is 25.8 Å². The Labute approximate surface area is 147 Å². The van der Waals surface area contributed by atoms with Gasteiger partial charge in [-0.2, -0.15) is 0 Å². The van der Waals surface area contributed by atoms with Crippen molar-refractivity contribution in [2.75, 3.05) is 30.5 Å². The summed E-state index contributed by atoms with van der Waals surface area (Å²) in [5.41, 5.74) is 1.55. The number of likely N-dealkylation sites (tertiary alicyclic amines) is 1. The van der Waals surface area contributed by atoms with Crippen LogP contribution in [0.2, 0.25) is 0 Å². The van der Waals surface area contributed by atoms with E-state index in [4.69, 9.17) is 4.74 Å². The van der Waals surface area contributed by atoms with E-state index >= 15 is 0 Å². The molecule has 3 rings (SSSR count). The van der Waals surface area contributed by atoms with E-state index in [0.717, 1.165) is 5.56 Å². The van der Waals surface area contributed by atoms with Crippen molar-refractivity contribution in [2.24, 2.45) is 5.92 Å². The third-order valence-corrected chi connectivity index (χ3v) is 6.54. The number of hydrogen-bond acceptors (Lipinski definition) is 5. The normalized spacial score (nSPS) is 25.2. The van der Waals surface area contributed by atoms with Gasteiger partial charge in [0.25, 0.3) is 0 Å². The number of nitrogens with one attached hydrogen (secondary N) is 1. The van der Waals surface area contributed by atoms with E-state index in [2.05, 4.69) is 5.32 Å². The molecule has 7 nitrogen and oxygen atoms in total. The van der Waals surface area contributed by atoms with Crippen LogP contribution in [0.25, 0.3) is 0 Å². The van der Waals surface area contributed by atoms with Gasteiger partial charge in [0.1, 0.15) is 5.75 Å². The number of carbonyl (C=O) groups is 2. The summed E-state index contributed by atoms with van der Waals surface area (Å²) in [5.74, 6) is -0.223. The van der Waals surface area contributed by atoms with Crippen LogP contribution >= 0.6 is 0 Å². The number of ether oxygens (including phenoxy) is 1. The van der Waals surface area contributed by atoms with Crippen molar-refractivity contribution in [1.29, 1.82) is 0 Å². The maximum absolute atomic E-state index is 12.6. The summed E-state index contributed by atoms with van der Waals surface area (Å²) in [5, 5.41) is 2.83. The lowest BCUT2D eigenvalue weighted by Crippen LogP contribution is -2.38. The molecule has 0 bridgehead atoms. The molecule has 0 aliphatic carbocycles. The molecular formula is C17H22N2O5S. The quantitative estimate of drug-likeness (QED) is 0.857. The van der Waals surface area contributed by atoms with Crippen molar-refractivity contribution >= 4 is 27.3 Å². The van der Waals surface area contributed by atoms with E-state index in [9.17, 15) is 18.0 Å². The van der Waals surface area contributed by atoms with Crippen LogP contribution in [-0.2, 0) is 19.4 Å². The Hall–Kier alpha value is -2.09. The third-order valence-electron chi connectivity index (χ3n) is 4.79. The SMILES string of the molecule is COc1ccc(C)cc1NC(=O)C1CC(=O)N(C2CCS(=O)(=O)C2)C1. The molecule has 136 valence electrons. The molecular weight excluding hydrogens is 344 g/mol. The first-order valence-corrected chi connectivity index (χ1v) is 10.1. The maximum Gasteiger partial charge on any atom is 0.229 e. The highest BCUT2D eigenvalue weighted by molar-refractivity contribution is 7.91. The highest BCUT2D eigenvalue weighted by Gasteiger charge is 2.42. The van der Waals surface area contributed by atoms with Gasteiger partial charge in [-0.05, 0) is 31.0 Å². The van der Waals surface area contributed by atoms with Gasteiger partial charge in [0.05, 0.1) is 30.2 Å². The van der Waals surface area contributed by atoms with Gasteiger partial charge in [0, 0.05) is 19.0 Å². The fraction of sp³-hybridized carbons (Fsp3) is 0.529. The van der Waals surface area contributed by atoms with Crippen molar-refractivity contribution in [3.8, 4) is 5.75 Å². The lowest BCUT2D eigenvalue weighted by Gasteiger charge is -2.23. The molecule has 25 heavy (non-hydrogen) atoms.